The molecule has 0 aromatic heterocycles. The largest absolute Gasteiger partial charge is 0.399 e. The van der Waals surface area contributed by atoms with E-state index < -0.39 is 0 Å². The van der Waals surface area contributed by atoms with Crippen LogP contribution in [-0.4, -0.2) is 0 Å². The van der Waals surface area contributed by atoms with Gasteiger partial charge in [0.05, 0.1) is 0 Å². The molecule has 0 spiro atoms. The molecule has 0 heterocycles. The summed E-state index contributed by atoms with van der Waals surface area (Å²) in [6, 6.07) is 18.3. The Morgan fingerprint density at radius 3 is 2.50 bits per heavy atom. The Labute approximate surface area is 96.2 Å². The first-order valence-electron chi connectivity index (χ1n) is 5.40. The lowest BCUT2D eigenvalue weighted by atomic mass is 10.1. The summed E-state index contributed by atoms with van der Waals surface area (Å²) in [4.78, 5) is 0. The molecule has 0 saturated heterocycles. The van der Waals surface area contributed by atoms with Gasteiger partial charge in [-0.2, -0.15) is 0 Å². The van der Waals surface area contributed by atoms with Crippen molar-refractivity contribution in [1.82, 2.24) is 0 Å². The molecule has 0 fully saturated rings. The number of nitrogen functional groups attached to an aromatic ring is 1. The Hall–Kier alpha value is -2.02. The maximum atomic E-state index is 5.72. The molecule has 2 N–H and O–H groups in total. The van der Waals surface area contributed by atoms with Crippen molar-refractivity contribution in [2.75, 3.05) is 5.73 Å². The fourth-order valence-corrected chi connectivity index (χ4v) is 1.62. The maximum Gasteiger partial charge on any atom is 0.0316 e. The zero-order chi connectivity index (χ0) is 11.2. The minimum absolute atomic E-state index is 0.825. The van der Waals surface area contributed by atoms with Gasteiger partial charge in [-0.05, 0) is 29.7 Å². The van der Waals surface area contributed by atoms with E-state index in [9.17, 15) is 0 Å². The highest BCUT2D eigenvalue weighted by atomic mass is 14.5. The number of hydrogen-bond donors (Lipinski definition) is 1. The van der Waals surface area contributed by atoms with Crippen molar-refractivity contribution in [3.8, 4) is 0 Å². The summed E-state index contributed by atoms with van der Waals surface area (Å²) in [5, 5.41) is 0. The summed E-state index contributed by atoms with van der Waals surface area (Å²) < 4.78 is 0. The molecule has 0 unspecified atom stereocenters. The average molecular weight is 209 g/mol. The topological polar surface area (TPSA) is 26.0 Å². The van der Waals surface area contributed by atoms with E-state index in [2.05, 4.69) is 30.4 Å². The molecular formula is C15H15N. The van der Waals surface area contributed by atoms with E-state index >= 15 is 0 Å². The zero-order valence-corrected chi connectivity index (χ0v) is 9.14. The molecule has 0 saturated carbocycles. The van der Waals surface area contributed by atoms with E-state index in [0.717, 1.165) is 12.1 Å². The standard InChI is InChI=1S/C15H15N/c16-15-11-5-10-14(12-15)9-4-8-13-6-2-1-3-7-13/h1-8,10-12H,9,16H2/b8-4+. The van der Waals surface area contributed by atoms with Gasteiger partial charge in [0.1, 0.15) is 0 Å². The van der Waals surface area contributed by atoms with Crippen molar-refractivity contribution in [3.63, 3.8) is 0 Å². The Morgan fingerprint density at radius 2 is 1.75 bits per heavy atom. The number of allylic oxidation sites excluding steroid dienone is 1. The molecule has 0 amide bonds. The van der Waals surface area contributed by atoms with Crippen molar-refractivity contribution in [3.05, 3.63) is 71.8 Å². The number of nitrogens with two attached hydrogens (primary N) is 1. The highest BCUT2D eigenvalue weighted by molar-refractivity contribution is 5.50. The molecule has 0 aliphatic heterocycles. The van der Waals surface area contributed by atoms with Gasteiger partial charge in [-0.3, -0.25) is 0 Å². The SMILES string of the molecule is Nc1cccc(C/C=C/c2ccccc2)c1. The highest BCUT2D eigenvalue weighted by Crippen LogP contribution is 2.09. The summed E-state index contributed by atoms with van der Waals surface area (Å²) in [5.74, 6) is 0. The summed E-state index contributed by atoms with van der Waals surface area (Å²) in [6.45, 7) is 0. The van der Waals surface area contributed by atoms with Crippen LogP contribution in [0.5, 0.6) is 0 Å². The van der Waals surface area contributed by atoms with E-state index in [4.69, 9.17) is 5.73 Å². The van der Waals surface area contributed by atoms with Crippen molar-refractivity contribution >= 4 is 11.8 Å². The molecule has 1 nitrogen and oxygen atoms in total. The zero-order valence-electron chi connectivity index (χ0n) is 9.14. The van der Waals surface area contributed by atoms with Crippen LogP contribution in [-0.2, 0) is 6.42 Å². The van der Waals surface area contributed by atoms with Gasteiger partial charge in [0, 0.05) is 5.69 Å². The molecule has 0 bridgehead atoms. The van der Waals surface area contributed by atoms with E-state index in [1.165, 1.54) is 11.1 Å². The minimum Gasteiger partial charge on any atom is -0.399 e. The Morgan fingerprint density at radius 1 is 0.938 bits per heavy atom. The lowest BCUT2D eigenvalue weighted by Crippen LogP contribution is -1.86. The maximum absolute atomic E-state index is 5.72. The van der Waals surface area contributed by atoms with Crippen LogP contribution >= 0.6 is 0 Å². The van der Waals surface area contributed by atoms with Crippen LogP contribution in [0.4, 0.5) is 5.69 Å². The summed E-state index contributed by atoms with van der Waals surface area (Å²) in [7, 11) is 0. The smallest absolute Gasteiger partial charge is 0.0316 e. The number of rotatable bonds is 3. The van der Waals surface area contributed by atoms with E-state index in [0.29, 0.717) is 0 Å². The lowest BCUT2D eigenvalue weighted by molar-refractivity contribution is 1.28. The van der Waals surface area contributed by atoms with Crippen molar-refractivity contribution in [2.24, 2.45) is 0 Å². The molecule has 2 aromatic carbocycles. The van der Waals surface area contributed by atoms with Crippen LogP contribution in [0.3, 0.4) is 0 Å². The normalized spacial score (nSPS) is 10.8. The summed E-state index contributed by atoms with van der Waals surface area (Å²) >= 11 is 0. The first-order chi connectivity index (χ1) is 7.84. The first kappa shape index (κ1) is 10.5. The average Bonchev–Trinajstić information content (AvgIpc) is 2.30. The van der Waals surface area contributed by atoms with Crippen LogP contribution in [0.2, 0.25) is 0 Å². The third-order valence-corrected chi connectivity index (χ3v) is 2.41. The highest BCUT2D eigenvalue weighted by Gasteiger charge is 1.90. The predicted octanol–water partition coefficient (Wildman–Crippen LogP) is 3.52. The van der Waals surface area contributed by atoms with Gasteiger partial charge in [-0.25, -0.2) is 0 Å². The molecule has 0 aliphatic rings. The van der Waals surface area contributed by atoms with Crippen molar-refractivity contribution < 1.29 is 0 Å². The number of benzene rings is 2. The second-order valence-electron chi connectivity index (χ2n) is 3.76. The van der Waals surface area contributed by atoms with Gasteiger partial charge >= 0.3 is 0 Å². The second-order valence-corrected chi connectivity index (χ2v) is 3.76. The van der Waals surface area contributed by atoms with Gasteiger partial charge in [-0.1, -0.05) is 54.6 Å². The number of anilines is 1. The van der Waals surface area contributed by atoms with Gasteiger partial charge in [-0.15, -0.1) is 0 Å². The number of hydrogen-bond acceptors (Lipinski definition) is 1. The van der Waals surface area contributed by atoms with Crippen molar-refractivity contribution in [1.29, 1.82) is 0 Å². The van der Waals surface area contributed by atoms with E-state index in [1.807, 2.05) is 36.4 Å². The van der Waals surface area contributed by atoms with Gasteiger partial charge in [0.25, 0.3) is 0 Å². The van der Waals surface area contributed by atoms with E-state index in [1.54, 1.807) is 0 Å². The minimum atomic E-state index is 0.825. The fourth-order valence-electron chi connectivity index (χ4n) is 1.62. The quantitative estimate of drug-likeness (QED) is 0.769. The predicted molar refractivity (Wildman–Crippen MR) is 70.0 cm³/mol. The molecule has 2 aromatic rings. The van der Waals surface area contributed by atoms with Crippen LogP contribution in [0.25, 0.3) is 6.08 Å². The van der Waals surface area contributed by atoms with Gasteiger partial charge < -0.3 is 5.73 Å². The molecule has 0 atom stereocenters. The lowest BCUT2D eigenvalue weighted by Gasteiger charge is -1.98. The Kier molecular flexibility index (Phi) is 3.39. The monoisotopic (exact) mass is 209 g/mol. The fraction of sp³-hybridized carbons (Fsp3) is 0.0667. The Bertz CT molecular complexity index is 472. The second kappa shape index (κ2) is 5.17. The third-order valence-electron chi connectivity index (χ3n) is 2.41. The van der Waals surface area contributed by atoms with Gasteiger partial charge in [0.15, 0.2) is 0 Å². The van der Waals surface area contributed by atoms with Gasteiger partial charge in [0.2, 0.25) is 0 Å². The molecular weight excluding hydrogens is 194 g/mol. The molecule has 0 radical (unpaired) electrons. The first-order valence-corrected chi connectivity index (χ1v) is 5.40. The molecule has 16 heavy (non-hydrogen) atoms. The Balaban J connectivity index is 2.00. The van der Waals surface area contributed by atoms with Crippen LogP contribution in [0, 0.1) is 0 Å². The van der Waals surface area contributed by atoms with Crippen LogP contribution in [0.1, 0.15) is 11.1 Å². The summed E-state index contributed by atoms with van der Waals surface area (Å²) in [6.07, 6.45) is 5.20. The van der Waals surface area contributed by atoms with E-state index in [-0.39, 0.29) is 0 Å². The van der Waals surface area contributed by atoms with Crippen molar-refractivity contribution in [2.45, 2.75) is 6.42 Å². The van der Waals surface area contributed by atoms with Crippen LogP contribution < -0.4 is 5.73 Å². The molecule has 2 rings (SSSR count). The molecule has 0 aliphatic carbocycles. The molecule has 80 valence electrons. The summed E-state index contributed by atoms with van der Waals surface area (Å²) in [5.41, 5.74) is 9.01. The van der Waals surface area contributed by atoms with Crippen LogP contribution in [0.15, 0.2) is 60.7 Å². The third kappa shape index (κ3) is 2.99. The molecule has 1 heteroatoms.